The van der Waals surface area contributed by atoms with E-state index < -0.39 is 0 Å². The fourth-order valence-corrected chi connectivity index (χ4v) is 3.28. The summed E-state index contributed by atoms with van der Waals surface area (Å²) in [5, 5.41) is 7.00. The van der Waals surface area contributed by atoms with E-state index in [4.69, 9.17) is 10.1 Å². The van der Waals surface area contributed by atoms with E-state index in [0.29, 0.717) is 5.56 Å². The molecule has 0 aliphatic carbocycles. The fraction of sp³-hybridized carbons (Fsp3) is 0.312. The summed E-state index contributed by atoms with van der Waals surface area (Å²) >= 11 is 0. The van der Waals surface area contributed by atoms with E-state index in [0.717, 1.165) is 41.6 Å². The lowest BCUT2D eigenvalue weighted by Gasteiger charge is -2.11. The lowest BCUT2D eigenvalue weighted by Crippen LogP contribution is -2.02. The minimum absolute atomic E-state index is 0.0111. The monoisotopic (exact) mass is 473 g/mol. The summed E-state index contributed by atoms with van der Waals surface area (Å²) in [6.45, 7) is 17.8. The highest BCUT2D eigenvalue weighted by molar-refractivity contribution is 5.99. The minimum Gasteiger partial charge on any atom is -0.400 e. The minimum atomic E-state index is 0.0111. The molecule has 1 aromatic heterocycles. The lowest BCUT2D eigenvalue weighted by atomic mass is 9.97. The Labute approximate surface area is 213 Å². The highest BCUT2D eigenvalue weighted by Gasteiger charge is 2.13. The molecule has 1 heterocycles. The number of pyridine rings is 1. The third kappa shape index (κ3) is 9.46. The summed E-state index contributed by atoms with van der Waals surface area (Å²) in [5.74, 6) is 0.0111. The second-order valence-electron chi connectivity index (χ2n) is 7.45. The van der Waals surface area contributed by atoms with Gasteiger partial charge in [-0.05, 0) is 49.1 Å². The molecule has 3 nitrogen and oxygen atoms in total. The number of aliphatic hydroxyl groups excluding tert-OH is 1. The number of allylic oxidation sites excluding steroid dienone is 1. The predicted molar refractivity (Wildman–Crippen MR) is 155 cm³/mol. The topological polar surface area (TPSA) is 50.2 Å². The van der Waals surface area contributed by atoms with Gasteiger partial charge in [0.05, 0.1) is 11.4 Å². The number of nitrogens with zero attached hydrogens (tertiary/aromatic N) is 1. The molecule has 0 aliphatic rings. The van der Waals surface area contributed by atoms with Gasteiger partial charge in [-0.25, -0.2) is 4.98 Å². The molecule has 3 rings (SSSR count). The first kappa shape index (κ1) is 31.7. The largest absolute Gasteiger partial charge is 0.400 e. The molecule has 0 amide bonds. The molecule has 0 unspecified atom stereocenters. The average Bonchev–Trinajstić information content (AvgIpc) is 2.91. The first-order chi connectivity index (χ1) is 17.0. The molecule has 3 aromatic rings. The maximum absolute atomic E-state index is 12.2. The van der Waals surface area contributed by atoms with Gasteiger partial charge in [-0.3, -0.25) is 4.79 Å². The van der Waals surface area contributed by atoms with Crippen LogP contribution in [-0.4, -0.2) is 23.0 Å². The molecule has 0 saturated carbocycles. The van der Waals surface area contributed by atoms with Gasteiger partial charge < -0.3 is 5.11 Å². The number of hydrogen-bond donors (Lipinski definition) is 1. The van der Waals surface area contributed by atoms with E-state index in [9.17, 15) is 4.79 Å². The number of carbonyl (C=O) groups excluding carboxylic acids is 1. The van der Waals surface area contributed by atoms with Gasteiger partial charge in [0.25, 0.3) is 0 Å². The van der Waals surface area contributed by atoms with Gasteiger partial charge in [-0.15, -0.1) is 0 Å². The van der Waals surface area contributed by atoms with Crippen LogP contribution in [0.3, 0.4) is 0 Å². The number of aliphatic hydroxyl groups is 1. The standard InChI is InChI=1S/C26H25NO.C3H8.C2H6.CH4O/c1-5-8-25-23(7-3)24(18(4)28)17-26(27-25)22-15-13-21(14-16-22)20-11-9-19(6-2)10-12-20;1-3-2;2*1-2/h5,7-17H,3,6H2,1-2,4H3;3H2,1-2H3;1-2H3;2H,1H3/b8-5-;;;. The molecule has 0 atom stereocenters. The van der Waals surface area contributed by atoms with Crippen molar-refractivity contribution in [1.82, 2.24) is 4.98 Å². The van der Waals surface area contributed by atoms with Crippen LogP contribution in [0.5, 0.6) is 0 Å². The zero-order chi connectivity index (χ0) is 26.8. The Kier molecular flexibility index (Phi) is 16.4. The molecule has 188 valence electrons. The van der Waals surface area contributed by atoms with Crippen molar-refractivity contribution in [3.05, 3.63) is 89.6 Å². The number of aromatic nitrogens is 1. The van der Waals surface area contributed by atoms with Gasteiger partial charge in [0.1, 0.15) is 0 Å². The Morgan fingerprint density at radius 2 is 1.37 bits per heavy atom. The summed E-state index contributed by atoms with van der Waals surface area (Å²) in [5.41, 5.74) is 7.65. The number of carbonyl (C=O) groups is 1. The number of hydrogen-bond acceptors (Lipinski definition) is 3. The Balaban J connectivity index is 0.00000150. The van der Waals surface area contributed by atoms with Gasteiger partial charge in [0.2, 0.25) is 0 Å². The van der Waals surface area contributed by atoms with Crippen LogP contribution in [0, 0.1) is 0 Å². The molecule has 2 aromatic carbocycles. The summed E-state index contributed by atoms with van der Waals surface area (Å²) in [6.07, 6.45) is 7.83. The van der Waals surface area contributed by atoms with E-state index >= 15 is 0 Å². The third-order valence-electron chi connectivity index (χ3n) is 4.87. The van der Waals surface area contributed by atoms with Crippen LogP contribution in [0.1, 0.15) is 82.1 Å². The Hall–Kier alpha value is -3.30. The van der Waals surface area contributed by atoms with Crippen molar-refractivity contribution in [1.29, 1.82) is 0 Å². The van der Waals surface area contributed by atoms with Gasteiger partial charge in [0.15, 0.2) is 5.78 Å². The van der Waals surface area contributed by atoms with Crippen molar-refractivity contribution in [2.75, 3.05) is 7.11 Å². The molecule has 0 fully saturated rings. The van der Waals surface area contributed by atoms with Crippen molar-refractivity contribution in [3.8, 4) is 22.4 Å². The lowest BCUT2D eigenvalue weighted by molar-refractivity contribution is 0.101. The molecule has 0 radical (unpaired) electrons. The quantitative estimate of drug-likeness (QED) is 0.364. The molecule has 35 heavy (non-hydrogen) atoms. The number of rotatable bonds is 6. The Morgan fingerprint density at radius 3 is 1.77 bits per heavy atom. The smallest absolute Gasteiger partial charge is 0.160 e. The van der Waals surface area contributed by atoms with Crippen molar-refractivity contribution < 1.29 is 9.90 Å². The summed E-state index contributed by atoms with van der Waals surface area (Å²) in [4.78, 5) is 16.9. The van der Waals surface area contributed by atoms with Crippen LogP contribution in [0.4, 0.5) is 0 Å². The highest BCUT2D eigenvalue weighted by Crippen LogP contribution is 2.28. The molecule has 0 spiro atoms. The van der Waals surface area contributed by atoms with Gasteiger partial charge in [-0.2, -0.15) is 0 Å². The summed E-state index contributed by atoms with van der Waals surface area (Å²) in [6, 6.07) is 18.8. The Morgan fingerprint density at radius 1 is 0.914 bits per heavy atom. The van der Waals surface area contributed by atoms with E-state index in [-0.39, 0.29) is 5.78 Å². The SMILES string of the molecule is C=Cc1c(C(C)=O)cc(-c2ccc(-c3ccc(CC)cc3)cc2)nc1/C=C\C.CC.CCC.CO. The van der Waals surface area contributed by atoms with Crippen LogP contribution in [0.2, 0.25) is 0 Å². The van der Waals surface area contributed by atoms with E-state index in [1.54, 1.807) is 13.0 Å². The molecule has 0 aliphatic heterocycles. The van der Waals surface area contributed by atoms with Gasteiger partial charge >= 0.3 is 0 Å². The summed E-state index contributed by atoms with van der Waals surface area (Å²) < 4.78 is 0. The van der Waals surface area contributed by atoms with Crippen LogP contribution >= 0.6 is 0 Å². The summed E-state index contributed by atoms with van der Waals surface area (Å²) in [7, 11) is 1.00. The first-order valence-electron chi connectivity index (χ1n) is 12.4. The second kappa shape index (κ2) is 18.1. The maximum atomic E-state index is 12.2. The molecule has 0 saturated heterocycles. The van der Waals surface area contributed by atoms with Gasteiger partial charge in [0, 0.05) is 23.8 Å². The van der Waals surface area contributed by atoms with E-state index in [1.807, 2.05) is 39.0 Å². The van der Waals surface area contributed by atoms with Crippen molar-refractivity contribution >= 4 is 17.9 Å². The average molecular weight is 474 g/mol. The number of Topliss-reactive ketones (excluding diaryl/α,β-unsaturated/α-hetero) is 1. The first-order valence-corrected chi connectivity index (χ1v) is 12.4. The molecule has 3 heteroatoms. The van der Waals surface area contributed by atoms with E-state index in [1.165, 1.54) is 17.5 Å². The predicted octanol–water partition coefficient (Wildman–Crippen LogP) is 8.91. The number of aryl methyl sites for hydroxylation is 1. The zero-order valence-corrected chi connectivity index (χ0v) is 22.9. The third-order valence-corrected chi connectivity index (χ3v) is 4.87. The van der Waals surface area contributed by atoms with Crippen molar-refractivity contribution in [2.24, 2.45) is 0 Å². The second-order valence-corrected chi connectivity index (χ2v) is 7.45. The molecular formula is C32H43NO2. The Bertz CT molecular complexity index is 1050. The molecular weight excluding hydrogens is 430 g/mol. The fourth-order valence-electron chi connectivity index (χ4n) is 3.28. The molecule has 1 N–H and O–H groups in total. The van der Waals surface area contributed by atoms with Crippen molar-refractivity contribution in [2.45, 2.75) is 61.3 Å². The molecule has 0 bridgehead atoms. The van der Waals surface area contributed by atoms with Crippen molar-refractivity contribution in [3.63, 3.8) is 0 Å². The normalized spacial score (nSPS) is 9.63. The van der Waals surface area contributed by atoms with Crippen LogP contribution < -0.4 is 0 Å². The van der Waals surface area contributed by atoms with E-state index in [2.05, 4.69) is 75.9 Å². The highest BCUT2D eigenvalue weighted by atomic mass is 16.2. The number of benzene rings is 2. The van der Waals surface area contributed by atoms with Crippen LogP contribution in [0.25, 0.3) is 34.5 Å². The van der Waals surface area contributed by atoms with Crippen LogP contribution in [0.15, 0.2) is 67.3 Å². The zero-order valence-electron chi connectivity index (χ0n) is 22.9. The van der Waals surface area contributed by atoms with Gasteiger partial charge in [-0.1, -0.05) is 108 Å². The number of ketones is 1. The van der Waals surface area contributed by atoms with Crippen LogP contribution in [-0.2, 0) is 6.42 Å². The maximum Gasteiger partial charge on any atom is 0.160 e.